The van der Waals surface area contributed by atoms with Crippen LogP contribution in [-0.4, -0.2) is 35.2 Å². The van der Waals surface area contributed by atoms with Crippen LogP contribution in [0.1, 0.15) is 20.3 Å². The maximum absolute atomic E-state index is 10.4. The first-order valence-electron chi connectivity index (χ1n) is 3.81. The van der Waals surface area contributed by atoms with E-state index in [0.29, 0.717) is 13.1 Å². The monoisotopic (exact) mass is 160 g/mol. The van der Waals surface area contributed by atoms with Crippen molar-refractivity contribution in [3.8, 4) is 0 Å². The molecule has 0 aliphatic rings. The first kappa shape index (κ1) is 10.2. The average Bonchev–Trinajstić information content (AvgIpc) is 1.87. The molecule has 3 N–H and O–H groups in total. The van der Waals surface area contributed by atoms with Crippen molar-refractivity contribution in [3.63, 3.8) is 0 Å². The van der Waals surface area contributed by atoms with Gasteiger partial charge in [-0.3, -0.25) is 0 Å². The Labute approximate surface area is 67.0 Å². The average molecular weight is 160 g/mol. The molecule has 0 aromatic heterocycles. The first-order valence-corrected chi connectivity index (χ1v) is 3.81. The van der Waals surface area contributed by atoms with Gasteiger partial charge in [-0.1, -0.05) is 0 Å². The Hall–Kier alpha value is -0.770. The van der Waals surface area contributed by atoms with Gasteiger partial charge in [-0.2, -0.15) is 0 Å². The van der Waals surface area contributed by atoms with E-state index in [1.54, 1.807) is 0 Å². The molecule has 1 unspecified atom stereocenters. The lowest BCUT2D eigenvalue weighted by Crippen LogP contribution is -2.33. The van der Waals surface area contributed by atoms with Gasteiger partial charge < -0.3 is 15.7 Å². The molecule has 0 aromatic rings. The van der Waals surface area contributed by atoms with Crippen LogP contribution in [0.15, 0.2) is 0 Å². The molecule has 0 bridgehead atoms. The lowest BCUT2D eigenvalue weighted by Gasteiger charge is -2.17. The molecule has 1 atom stereocenters. The summed E-state index contributed by atoms with van der Waals surface area (Å²) < 4.78 is 0. The zero-order valence-electron chi connectivity index (χ0n) is 7.08. The highest BCUT2D eigenvalue weighted by Crippen LogP contribution is 1.94. The van der Waals surface area contributed by atoms with Crippen molar-refractivity contribution in [2.24, 2.45) is 5.73 Å². The highest BCUT2D eigenvalue weighted by molar-refractivity contribution is 5.64. The molecule has 0 spiro atoms. The van der Waals surface area contributed by atoms with E-state index in [1.165, 1.54) is 4.90 Å². The predicted octanol–water partition coefficient (Wildman–Crippen LogP) is 0.724. The summed E-state index contributed by atoms with van der Waals surface area (Å²) >= 11 is 0. The summed E-state index contributed by atoms with van der Waals surface area (Å²) in [5.74, 6) is 0. The number of nitrogens with two attached hydrogens (primary N) is 1. The number of carbonyl (C=O) groups is 1. The van der Waals surface area contributed by atoms with E-state index in [4.69, 9.17) is 10.8 Å². The molecular weight excluding hydrogens is 144 g/mol. The third-order valence-electron chi connectivity index (χ3n) is 1.51. The van der Waals surface area contributed by atoms with Crippen LogP contribution in [-0.2, 0) is 0 Å². The third kappa shape index (κ3) is 4.61. The molecule has 66 valence electrons. The summed E-state index contributed by atoms with van der Waals surface area (Å²) in [6.45, 7) is 4.75. The molecule has 11 heavy (non-hydrogen) atoms. The van der Waals surface area contributed by atoms with Gasteiger partial charge in [0.05, 0.1) is 0 Å². The second-order valence-electron chi connectivity index (χ2n) is 2.63. The fraction of sp³-hybridized carbons (Fsp3) is 0.857. The Bertz CT molecular complexity index is 126. The first-order chi connectivity index (χ1) is 5.07. The third-order valence-corrected chi connectivity index (χ3v) is 1.51. The molecule has 0 radical (unpaired) electrons. The number of hydrogen-bond donors (Lipinski definition) is 2. The van der Waals surface area contributed by atoms with Gasteiger partial charge in [0.25, 0.3) is 0 Å². The normalized spacial score (nSPS) is 12.6. The van der Waals surface area contributed by atoms with E-state index >= 15 is 0 Å². The van der Waals surface area contributed by atoms with Gasteiger partial charge in [0.15, 0.2) is 0 Å². The van der Waals surface area contributed by atoms with Gasteiger partial charge in [0.2, 0.25) is 0 Å². The molecule has 0 rings (SSSR count). The predicted molar refractivity (Wildman–Crippen MR) is 43.5 cm³/mol. The number of nitrogens with zero attached hydrogens (tertiary/aromatic N) is 1. The lowest BCUT2D eigenvalue weighted by atomic mass is 10.2. The minimum Gasteiger partial charge on any atom is -0.465 e. The zero-order chi connectivity index (χ0) is 8.85. The van der Waals surface area contributed by atoms with Crippen LogP contribution in [0.3, 0.4) is 0 Å². The number of hydrogen-bond acceptors (Lipinski definition) is 2. The van der Waals surface area contributed by atoms with Crippen molar-refractivity contribution in [2.75, 3.05) is 13.1 Å². The summed E-state index contributed by atoms with van der Waals surface area (Å²) in [5.41, 5.74) is 5.48. The zero-order valence-corrected chi connectivity index (χ0v) is 7.08. The Morgan fingerprint density at radius 2 is 2.27 bits per heavy atom. The maximum Gasteiger partial charge on any atom is 0.407 e. The molecule has 1 amide bonds. The molecule has 0 aliphatic carbocycles. The molecule has 0 aliphatic heterocycles. The summed E-state index contributed by atoms with van der Waals surface area (Å²) in [7, 11) is 0. The molecule has 0 aromatic carbocycles. The number of carboxylic acid groups (broad SMARTS) is 1. The molecule has 0 saturated carbocycles. The quantitative estimate of drug-likeness (QED) is 0.637. The van der Waals surface area contributed by atoms with Gasteiger partial charge in [0.1, 0.15) is 0 Å². The van der Waals surface area contributed by atoms with Gasteiger partial charge >= 0.3 is 6.09 Å². The van der Waals surface area contributed by atoms with Crippen molar-refractivity contribution in [2.45, 2.75) is 26.3 Å². The highest BCUT2D eigenvalue weighted by Gasteiger charge is 2.08. The SMILES string of the molecule is CCN(CCC(C)N)C(=O)O. The van der Waals surface area contributed by atoms with Crippen LogP contribution < -0.4 is 5.73 Å². The molecule has 0 saturated heterocycles. The van der Waals surface area contributed by atoms with Gasteiger partial charge in [-0.15, -0.1) is 0 Å². The Morgan fingerprint density at radius 1 is 1.73 bits per heavy atom. The van der Waals surface area contributed by atoms with Gasteiger partial charge in [-0.05, 0) is 20.3 Å². The molecule has 0 heterocycles. The molecule has 0 fully saturated rings. The number of rotatable bonds is 4. The summed E-state index contributed by atoms with van der Waals surface area (Å²) in [4.78, 5) is 11.8. The summed E-state index contributed by atoms with van der Waals surface area (Å²) in [5, 5.41) is 8.57. The van der Waals surface area contributed by atoms with Gasteiger partial charge in [0, 0.05) is 19.1 Å². The Balaban J connectivity index is 3.61. The minimum absolute atomic E-state index is 0.0726. The Kier molecular flexibility index (Phi) is 4.61. The summed E-state index contributed by atoms with van der Waals surface area (Å²) in [6, 6.07) is 0.0726. The highest BCUT2D eigenvalue weighted by atomic mass is 16.4. The van der Waals surface area contributed by atoms with E-state index in [0.717, 1.165) is 6.42 Å². The van der Waals surface area contributed by atoms with Crippen LogP contribution in [0.5, 0.6) is 0 Å². The molecule has 4 nitrogen and oxygen atoms in total. The van der Waals surface area contributed by atoms with E-state index in [9.17, 15) is 4.79 Å². The van der Waals surface area contributed by atoms with E-state index < -0.39 is 6.09 Å². The number of amides is 1. The van der Waals surface area contributed by atoms with Crippen LogP contribution in [0.2, 0.25) is 0 Å². The van der Waals surface area contributed by atoms with Gasteiger partial charge in [-0.25, -0.2) is 4.79 Å². The Morgan fingerprint density at radius 3 is 2.55 bits per heavy atom. The minimum atomic E-state index is -0.867. The van der Waals surface area contributed by atoms with Crippen molar-refractivity contribution < 1.29 is 9.90 Å². The maximum atomic E-state index is 10.4. The van der Waals surface area contributed by atoms with Crippen LogP contribution in [0.4, 0.5) is 4.79 Å². The van der Waals surface area contributed by atoms with E-state index in [-0.39, 0.29) is 6.04 Å². The van der Waals surface area contributed by atoms with Crippen molar-refractivity contribution in [1.29, 1.82) is 0 Å². The smallest absolute Gasteiger partial charge is 0.407 e. The molecular formula is C7H16N2O2. The fourth-order valence-electron chi connectivity index (χ4n) is 0.748. The lowest BCUT2D eigenvalue weighted by molar-refractivity contribution is 0.146. The van der Waals surface area contributed by atoms with Crippen molar-refractivity contribution in [3.05, 3.63) is 0 Å². The summed E-state index contributed by atoms with van der Waals surface area (Å²) in [6.07, 6.45) is -0.145. The van der Waals surface area contributed by atoms with Crippen LogP contribution >= 0.6 is 0 Å². The van der Waals surface area contributed by atoms with E-state index in [2.05, 4.69) is 0 Å². The second-order valence-corrected chi connectivity index (χ2v) is 2.63. The van der Waals surface area contributed by atoms with Crippen molar-refractivity contribution >= 4 is 6.09 Å². The fourth-order valence-corrected chi connectivity index (χ4v) is 0.748. The van der Waals surface area contributed by atoms with E-state index in [1.807, 2.05) is 13.8 Å². The standard InChI is InChI=1S/C7H16N2O2/c1-3-9(7(10)11)5-4-6(2)8/h6H,3-5,8H2,1-2H3,(H,10,11). The van der Waals surface area contributed by atoms with Crippen molar-refractivity contribution in [1.82, 2.24) is 4.90 Å². The second kappa shape index (κ2) is 4.96. The largest absolute Gasteiger partial charge is 0.465 e. The van der Waals surface area contributed by atoms with Crippen LogP contribution in [0.25, 0.3) is 0 Å². The van der Waals surface area contributed by atoms with Crippen LogP contribution in [0, 0.1) is 0 Å². The molecule has 4 heteroatoms. The topological polar surface area (TPSA) is 66.6 Å².